The molecule has 0 aromatic carbocycles. The number of rotatable bonds is 3. The summed E-state index contributed by atoms with van der Waals surface area (Å²) in [6.07, 6.45) is 5.97. The van der Waals surface area contributed by atoms with Gasteiger partial charge in [-0.1, -0.05) is 0 Å². The lowest BCUT2D eigenvalue weighted by Crippen LogP contribution is -2.46. The molecular formula is C22H30N6O2. The number of carbonyl (C=O) groups is 1. The van der Waals surface area contributed by atoms with Crippen LogP contribution in [0.1, 0.15) is 41.1 Å². The number of piperazine rings is 1. The number of likely N-dealkylation sites (N-methyl/N-ethyl adjacent to an activating group) is 1. The molecule has 8 nitrogen and oxygen atoms in total. The third-order valence-electron chi connectivity index (χ3n) is 6.49. The maximum atomic E-state index is 12.9. The molecule has 5 heterocycles. The van der Waals surface area contributed by atoms with Gasteiger partial charge >= 0.3 is 0 Å². The van der Waals surface area contributed by atoms with Gasteiger partial charge in [0.25, 0.3) is 5.91 Å². The van der Waals surface area contributed by atoms with Crippen molar-refractivity contribution < 1.29 is 9.21 Å². The Kier molecular flexibility index (Phi) is 5.33. The normalized spacial score (nSPS) is 20.4. The van der Waals surface area contributed by atoms with Gasteiger partial charge in [-0.25, -0.2) is 4.98 Å². The van der Waals surface area contributed by atoms with Crippen LogP contribution in [0.4, 0.5) is 11.8 Å². The van der Waals surface area contributed by atoms with E-state index in [4.69, 9.17) is 14.4 Å². The van der Waals surface area contributed by atoms with Crippen molar-refractivity contribution in [3.63, 3.8) is 0 Å². The molecule has 1 amide bonds. The van der Waals surface area contributed by atoms with Crippen LogP contribution in [0.2, 0.25) is 0 Å². The van der Waals surface area contributed by atoms with Crippen LogP contribution in [-0.4, -0.2) is 78.5 Å². The number of nitrogens with zero attached hydrogens (tertiary/aromatic N) is 6. The van der Waals surface area contributed by atoms with Crippen molar-refractivity contribution >= 4 is 17.7 Å². The van der Waals surface area contributed by atoms with Gasteiger partial charge in [0.15, 0.2) is 5.76 Å². The van der Waals surface area contributed by atoms with Crippen molar-refractivity contribution in [1.29, 1.82) is 0 Å². The number of hydrogen-bond acceptors (Lipinski definition) is 7. The molecule has 8 heteroatoms. The lowest BCUT2D eigenvalue weighted by Gasteiger charge is -2.37. The zero-order valence-electron chi connectivity index (χ0n) is 17.7. The third kappa shape index (κ3) is 3.76. The van der Waals surface area contributed by atoms with Crippen LogP contribution in [0.5, 0.6) is 0 Å². The highest BCUT2D eigenvalue weighted by Gasteiger charge is 2.30. The highest BCUT2D eigenvalue weighted by Crippen LogP contribution is 2.31. The second kappa shape index (κ2) is 8.26. The topological polar surface area (TPSA) is 69.0 Å². The van der Waals surface area contributed by atoms with Gasteiger partial charge in [0.05, 0.1) is 18.5 Å². The number of fused-ring (bicyclic) bond motifs is 1. The largest absolute Gasteiger partial charge is 0.459 e. The van der Waals surface area contributed by atoms with E-state index in [1.54, 1.807) is 18.4 Å². The molecule has 2 fully saturated rings. The van der Waals surface area contributed by atoms with Gasteiger partial charge in [0, 0.05) is 57.8 Å². The summed E-state index contributed by atoms with van der Waals surface area (Å²) in [4.78, 5) is 31.9. The van der Waals surface area contributed by atoms with Crippen LogP contribution in [0, 0.1) is 0 Å². The molecule has 160 valence electrons. The highest BCUT2D eigenvalue weighted by molar-refractivity contribution is 5.91. The van der Waals surface area contributed by atoms with E-state index in [1.165, 1.54) is 19.3 Å². The Labute approximate surface area is 177 Å². The van der Waals surface area contributed by atoms with Crippen LogP contribution in [0.3, 0.4) is 0 Å². The van der Waals surface area contributed by atoms with Crippen molar-refractivity contribution in [3.8, 4) is 0 Å². The van der Waals surface area contributed by atoms with Crippen LogP contribution < -0.4 is 9.80 Å². The van der Waals surface area contributed by atoms with Crippen LogP contribution in [0.15, 0.2) is 22.8 Å². The van der Waals surface area contributed by atoms with E-state index in [1.807, 2.05) is 4.90 Å². The predicted octanol–water partition coefficient (Wildman–Crippen LogP) is 2.01. The summed E-state index contributed by atoms with van der Waals surface area (Å²) in [5.41, 5.74) is 2.21. The molecule has 0 N–H and O–H groups in total. The molecule has 3 aliphatic heterocycles. The predicted molar refractivity (Wildman–Crippen MR) is 115 cm³/mol. The van der Waals surface area contributed by atoms with Crippen molar-refractivity contribution in [3.05, 3.63) is 35.4 Å². The standard InChI is InChI=1S/C22H30N6O2/c1-25-11-13-27(14-12-25)22-23-18-7-10-28(21(29)19-6-5-15-30-19)16-17(18)20(24-22)26-8-3-2-4-9-26/h5-6,15H,2-4,7-14,16H2,1H3. The Hall–Kier alpha value is -2.61. The second-order valence-electron chi connectivity index (χ2n) is 8.56. The summed E-state index contributed by atoms with van der Waals surface area (Å²) in [6.45, 7) is 7.23. The van der Waals surface area contributed by atoms with E-state index >= 15 is 0 Å². The summed E-state index contributed by atoms with van der Waals surface area (Å²) in [6, 6.07) is 3.49. The molecule has 0 saturated carbocycles. The first kappa shape index (κ1) is 19.4. The Morgan fingerprint density at radius 2 is 1.77 bits per heavy atom. The van der Waals surface area contributed by atoms with Gasteiger partial charge < -0.3 is 24.0 Å². The van der Waals surface area contributed by atoms with E-state index in [2.05, 4.69) is 21.7 Å². The Balaban J connectivity index is 1.47. The molecule has 0 radical (unpaired) electrons. The van der Waals surface area contributed by atoms with Gasteiger partial charge in [-0.2, -0.15) is 4.98 Å². The molecule has 0 bridgehead atoms. The van der Waals surface area contributed by atoms with Crippen molar-refractivity contribution in [2.45, 2.75) is 32.2 Å². The molecule has 0 aliphatic carbocycles. The maximum absolute atomic E-state index is 12.9. The first-order valence-electron chi connectivity index (χ1n) is 11.1. The minimum Gasteiger partial charge on any atom is -0.459 e. The molecule has 5 rings (SSSR count). The number of aromatic nitrogens is 2. The molecule has 0 spiro atoms. The summed E-state index contributed by atoms with van der Waals surface area (Å²) in [5, 5.41) is 0. The minimum atomic E-state index is -0.0570. The number of furan rings is 1. The SMILES string of the molecule is CN1CCN(c2nc3c(c(N4CCCCC4)n2)CN(C(=O)c2ccco2)CC3)CC1. The highest BCUT2D eigenvalue weighted by atomic mass is 16.3. The monoisotopic (exact) mass is 410 g/mol. The quantitative estimate of drug-likeness (QED) is 0.767. The molecule has 0 unspecified atom stereocenters. The Morgan fingerprint density at radius 1 is 0.967 bits per heavy atom. The van der Waals surface area contributed by atoms with E-state index in [9.17, 15) is 4.79 Å². The molecule has 2 aromatic rings. The number of anilines is 2. The maximum Gasteiger partial charge on any atom is 0.289 e. The van der Waals surface area contributed by atoms with Crippen LogP contribution in [-0.2, 0) is 13.0 Å². The average molecular weight is 411 g/mol. The second-order valence-corrected chi connectivity index (χ2v) is 8.56. The van der Waals surface area contributed by atoms with Gasteiger partial charge in [-0.05, 0) is 38.4 Å². The number of hydrogen-bond donors (Lipinski definition) is 0. The third-order valence-corrected chi connectivity index (χ3v) is 6.49. The fourth-order valence-corrected chi connectivity index (χ4v) is 4.63. The summed E-state index contributed by atoms with van der Waals surface area (Å²) >= 11 is 0. The lowest BCUT2D eigenvalue weighted by molar-refractivity contribution is 0.0701. The van der Waals surface area contributed by atoms with Crippen molar-refractivity contribution in [2.24, 2.45) is 0 Å². The van der Waals surface area contributed by atoms with Gasteiger partial charge in [0.1, 0.15) is 5.82 Å². The molecule has 30 heavy (non-hydrogen) atoms. The van der Waals surface area contributed by atoms with Gasteiger partial charge in [-0.3, -0.25) is 4.79 Å². The summed E-state index contributed by atoms with van der Waals surface area (Å²) in [5.74, 6) is 2.23. The fourth-order valence-electron chi connectivity index (χ4n) is 4.63. The molecule has 0 atom stereocenters. The molecular weight excluding hydrogens is 380 g/mol. The first-order chi connectivity index (χ1) is 14.7. The smallest absolute Gasteiger partial charge is 0.289 e. The number of carbonyl (C=O) groups excluding carboxylic acids is 1. The first-order valence-corrected chi connectivity index (χ1v) is 11.1. The molecule has 3 aliphatic rings. The zero-order valence-corrected chi connectivity index (χ0v) is 17.7. The van der Waals surface area contributed by atoms with Crippen molar-refractivity contribution in [2.75, 3.05) is 62.7 Å². The van der Waals surface area contributed by atoms with Gasteiger partial charge in [-0.15, -0.1) is 0 Å². The Bertz CT molecular complexity index is 885. The zero-order chi connectivity index (χ0) is 20.5. The van der Waals surface area contributed by atoms with E-state index < -0.39 is 0 Å². The van der Waals surface area contributed by atoms with E-state index in [-0.39, 0.29) is 5.91 Å². The van der Waals surface area contributed by atoms with E-state index in [0.717, 1.165) is 68.7 Å². The molecule has 2 aromatic heterocycles. The lowest BCUT2D eigenvalue weighted by atomic mass is 10.0. The summed E-state index contributed by atoms with van der Waals surface area (Å²) < 4.78 is 5.35. The van der Waals surface area contributed by atoms with Crippen molar-refractivity contribution in [1.82, 2.24) is 19.8 Å². The minimum absolute atomic E-state index is 0.0570. The van der Waals surface area contributed by atoms with Gasteiger partial charge in [0.2, 0.25) is 5.95 Å². The Morgan fingerprint density at radius 3 is 2.50 bits per heavy atom. The summed E-state index contributed by atoms with van der Waals surface area (Å²) in [7, 11) is 2.16. The average Bonchev–Trinajstić information content (AvgIpc) is 3.33. The van der Waals surface area contributed by atoms with E-state index in [0.29, 0.717) is 18.8 Å². The fraction of sp³-hybridized carbons (Fsp3) is 0.591. The number of amides is 1. The van der Waals surface area contributed by atoms with Crippen LogP contribution in [0.25, 0.3) is 0 Å². The van der Waals surface area contributed by atoms with Crippen LogP contribution >= 0.6 is 0 Å². The number of piperidine rings is 1. The molecule has 2 saturated heterocycles.